The SMILES string of the molecule is COC1CCCCCC1NS(=O)(=O)N1CCCCCC1. The van der Waals surface area contributed by atoms with Crippen LogP contribution in [0.4, 0.5) is 0 Å². The van der Waals surface area contributed by atoms with Gasteiger partial charge in [0.2, 0.25) is 0 Å². The molecule has 0 aromatic carbocycles. The third-order valence-corrected chi connectivity index (χ3v) is 6.11. The van der Waals surface area contributed by atoms with Gasteiger partial charge in [-0.3, -0.25) is 0 Å². The van der Waals surface area contributed by atoms with E-state index in [-0.39, 0.29) is 12.1 Å². The largest absolute Gasteiger partial charge is 0.380 e. The molecule has 0 bridgehead atoms. The fourth-order valence-corrected chi connectivity index (χ4v) is 4.78. The van der Waals surface area contributed by atoms with Crippen molar-refractivity contribution in [2.24, 2.45) is 0 Å². The van der Waals surface area contributed by atoms with E-state index in [4.69, 9.17) is 4.74 Å². The molecule has 2 aliphatic rings. The second kappa shape index (κ2) is 7.73. The Labute approximate surface area is 123 Å². The smallest absolute Gasteiger partial charge is 0.279 e. The van der Waals surface area contributed by atoms with E-state index in [9.17, 15) is 8.42 Å². The van der Waals surface area contributed by atoms with Gasteiger partial charge in [-0.05, 0) is 25.7 Å². The first-order valence-electron chi connectivity index (χ1n) is 7.93. The van der Waals surface area contributed by atoms with Crippen LogP contribution < -0.4 is 4.72 Å². The van der Waals surface area contributed by atoms with Crippen molar-refractivity contribution in [3.05, 3.63) is 0 Å². The maximum atomic E-state index is 12.5. The molecule has 6 heteroatoms. The Morgan fingerprint density at radius 3 is 2.20 bits per heavy atom. The number of rotatable bonds is 4. The normalized spacial score (nSPS) is 30.6. The monoisotopic (exact) mass is 304 g/mol. The predicted molar refractivity (Wildman–Crippen MR) is 79.8 cm³/mol. The fourth-order valence-electron chi connectivity index (χ4n) is 3.24. The summed E-state index contributed by atoms with van der Waals surface area (Å²) >= 11 is 0. The molecule has 0 spiro atoms. The minimum absolute atomic E-state index is 0.0132. The highest BCUT2D eigenvalue weighted by molar-refractivity contribution is 7.87. The van der Waals surface area contributed by atoms with Gasteiger partial charge in [0.15, 0.2) is 0 Å². The zero-order chi connectivity index (χ0) is 14.4. The molecule has 1 N–H and O–H groups in total. The van der Waals surface area contributed by atoms with Crippen molar-refractivity contribution in [3.8, 4) is 0 Å². The lowest BCUT2D eigenvalue weighted by Gasteiger charge is -2.28. The highest BCUT2D eigenvalue weighted by Crippen LogP contribution is 2.22. The van der Waals surface area contributed by atoms with Gasteiger partial charge in [-0.15, -0.1) is 0 Å². The van der Waals surface area contributed by atoms with Gasteiger partial charge in [-0.25, -0.2) is 0 Å². The molecule has 2 atom stereocenters. The van der Waals surface area contributed by atoms with Gasteiger partial charge in [0.1, 0.15) is 0 Å². The highest BCUT2D eigenvalue weighted by atomic mass is 32.2. The third-order valence-electron chi connectivity index (χ3n) is 4.46. The Morgan fingerprint density at radius 2 is 1.55 bits per heavy atom. The number of nitrogens with one attached hydrogen (secondary N) is 1. The van der Waals surface area contributed by atoms with Crippen molar-refractivity contribution in [2.75, 3.05) is 20.2 Å². The molecule has 0 aromatic rings. The van der Waals surface area contributed by atoms with Crippen molar-refractivity contribution in [1.29, 1.82) is 0 Å². The first kappa shape index (κ1) is 16.2. The molecule has 1 saturated carbocycles. The van der Waals surface area contributed by atoms with Crippen molar-refractivity contribution in [3.63, 3.8) is 0 Å². The minimum atomic E-state index is -3.36. The van der Waals surface area contributed by atoms with E-state index in [1.807, 2.05) is 0 Å². The van der Waals surface area contributed by atoms with Crippen LogP contribution in [0, 0.1) is 0 Å². The quantitative estimate of drug-likeness (QED) is 0.809. The Bertz CT molecular complexity index is 378. The number of hydrogen-bond donors (Lipinski definition) is 1. The summed E-state index contributed by atoms with van der Waals surface area (Å²) in [6.45, 7) is 1.30. The van der Waals surface area contributed by atoms with E-state index >= 15 is 0 Å². The van der Waals surface area contributed by atoms with E-state index in [0.29, 0.717) is 13.1 Å². The van der Waals surface area contributed by atoms with Gasteiger partial charge in [0.05, 0.1) is 6.10 Å². The summed E-state index contributed by atoms with van der Waals surface area (Å²) in [6, 6.07) is -0.0734. The van der Waals surface area contributed by atoms with Crippen LogP contribution in [0.5, 0.6) is 0 Å². The molecule has 20 heavy (non-hydrogen) atoms. The second-order valence-electron chi connectivity index (χ2n) is 5.95. The molecule has 0 amide bonds. The Morgan fingerprint density at radius 1 is 0.950 bits per heavy atom. The van der Waals surface area contributed by atoms with Crippen molar-refractivity contribution >= 4 is 10.2 Å². The van der Waals surface area contributed by atoms with Crippen LogP contribution >= 0.6 is 0 Å². The lowest BCUT2D eigenvalue weighted by atomic mass is 10.1. The summed E-state index contributed by atoms with van der Waals surface area (Å²) in [7, 11) is -1.68. The lowest BCUT2D eigenvalue weighted by molar-refractivity contribution is 0.0696. The zero-order valence-electron chi connectivity index (χ0n) is 12.5. The molecule has 5 nitrogen and oxygen atoms in total. The predicted octanol–water partition coefficient (Wildman–Crippen LogP) is 2.04. The molecule has 2 fully saturated rings. The molecular weight excluding hydrogens is 276 g/mol. The Hall–Kier alpha value is -0.170. The van der Waals surface area contributed by atoms with E-state index in [1.165, 1.54) is 6.42 Å². The van der Waals surface area contributed by atoms with Crippen LogP contribution in [0.2, 0.25) is 0 Å². The summed E-state index contributed by atoms with van der Waals surface area (Å²) in [5.41, 5.74) is 0. The van der Waals surface area contributed by atoms with E-state index in [1.54, 1.807) is 11.4 Å². The molecular formula is C14H28N2O3S. The molecule has 1 aliphatic heterocycles. The van der Waals surface area contributed by atoms with Crippen molar-refractivity contribution in [2.45, 2.75) is 69.9 Å². The van der Waals surface area contributed by atoms with E-state index in [0.717, 1.165) is 51.4 Å². The standard InChI is InChI=1S/C14H28N2O3S/c1-19-14-10-6-4-5-9-13(14)15-20(17,18)16-11-7-2-3-8-12-16/h13-15H,2-12H2,1H3. The molecule has 2 rings (SSSR count). The van der Waals surface area contributed by atoms with Crippen LogP contribution in [-0.2, 0) is 14.9 Å². The maximum absolute atomic E-state index is 12.5. The minimum Gasteiger partial charge on any atom is -0.380 e. The van der Waals surface area contributed by atoms with Gasteiger partial charge in [-0.1, -0.05) is 32.1 Å². The van der Waals surface area contributed by atoms with Crippen LogP contribution in [0.15, 0.2) is 0 Å². The van der Waals surface area contributed by atoms with Gasteiger partial charge >= 0.3 is 0 Å². The Balaban J connectivity index is 2.01. The molecule has 0 aromatic heterocycles. The van der Waals surface area contributed by atoms with Crippen molar-refractivity contribution < 1.29 is 13.2 Å². The summed E-state index contributed by atoms with van der Waals surface area (Å²) in [5, 5.41) is 0. The topological polar surface area (TPSA) is 58.6 Å². The van der Waals surface area contributed by atoms with Gasteiger partial charge in [0.25, 0.3) is 10.2 Å². The lowest BCUT2D eigenvalue weighted by Crippen LogP contribution is -2.50. The molecule has 0 radical (unpaired) electrons. The zero-order valence-corrected chi connectivity index (χ0v) is 13.3. The summed E-state index contributed by atoms with van der Waals surface area (Å²) in [4.78, 5) is 0. The molecule has 1 aliphatic carbocycles. The highest BCUT2D eigenvalue weighted by Gasteiger charge is 2.31. The average molecular weight is 304 g/mol. The van der Waals surface area contributed by atoms with Crippen molar-refractivity contribution in [1.82, 2.24) is 9.03 Å². The average Bonchev–Trinajstić information content (AvgIpc) is 2.80. The summed E-state index contributed by atoms with van der Waals surface area (Å²) < 4.78 is 35.1. The van der Waals surface area contributed by atoms with Crippen LogP contribution in [0.3, 0.4) is 0 Å². The number of hydrogen-bond acceptors (Lipinski definition) is 3. The number of ether oxygens (including phenoxy) is 1. The van der Waals surface area contributed by atoms with Crippen LogP contribution in [-0.4, -0.2) is 45.1 Å². The van der Waals surface area contributed by atoms with Gasteiger partial charge in [0, 0.05) is 26.2 Å². The van der Waals surface area contributed by atoms with E-state index < -0.39 is 10.2 Å². The molecule has 118 valence electrons. The molecule has 2 unspecified atom stereocenters. The maximum Gasteiger partial charge on any atom is 0.279 e. The molecule has 1 heterocycles. The molecule has 1 saturated heterocycles. The first-order chi connectivity index (χ1) is 9.63. The second-order valence-corrected chi connectivity index (χ2v) is 7.66. The number of nitrogens with zero attached hydrogens (tertiary/aromatic N) is 1. The summed E-state index contributed by atoms with van der Waals surface area (Å²) in [5.74, 6) is 0. The van der Waals surface area contributed by atoms with Gasteiger partial charge < -0.3 is 4.74 Å². The van der Waals surface area contributed by atoms with Gasteiger partial charge in [-0.2, -0.15) is 17.4 Å². The number of methoxy groups -OCH3 is 1. The fraction of sp³-hybridized carbons (Fsp3) is 1.00. The van der Waals surface area contributed by atoms with Crippen LogP contribution in [0.1, 0.15) is 57.8 Å². The van der Waals surface area contributed by atoms with E-state index in [2.05, 4.69) is 4.72 Å². The summed E-state index contributed by atoms with van der Waals surface area (Å²) in [6.07, 6.45) is 9.43. The third kappa shape index (κ3) is 4.41. The first-order valence-corrected chi connectivity index (χ1v) is 9.38. The Kier molecular flexibility index (Phi) is 6.26. The van der Waals surface area contributed by atoms with Crippen LogP contribution in [0.25, 0.3) is 0 Å².